The van der Waals surface area contributed by atoms with Crippen LogP contribution in [0.2, 0.25) is 0 Å². The van der Waals surface area contributed by atoms with Crippen LogP contribution in [0, 0.1) is 0 Å². The van der Waals surface area contributed by atoms with E-state index in [1.54, 1.807) is 0 Å². The molecular formula is C22H23NO2. The first-order valence-corrected chi connectivity index (χ1v) is 8.54. The first kappa shape index (κ1) is 17.2. The molecule has 3 aromatic rings. The highest BCUT2D eigenvalue weighted by Gasteiger charge is 1.98. The van der Waals surface area contributed by atoms with Gasteiger partial charge in [-0.05, 0) is 35.2 Å². The van der Waals surface area contributed by atoms with Crippen LogP contribution in [0.1, 0.15) is 16.7 Å². The van der Waals surface area contributed by atoms with Crippen LogP contribution in [0.25, 0.3) is 0 Å². The van der Waals surface area contributed by atoms with E-state index in [2.05, 4.69) is 41.9 Å². The molecular weight excluding hydrogens is 310 g/mol. The highest BCUT2D eigenvalue weighted by Crippen LogP contribution is 2.15. The van der Waals surface area contributed by atoms with Crippen LogP contribution >= 0.6 is 0 Å². The third kappa shape index (κ3) is 6.07. The number of benzene rings is 3. The fraction of sp³-hybridized carbons (Fsp3) is 0.182. The van der Waals surface area contributed by atoms with Crippen LogP contribution in [0.15, 0.2) is 84.9 Å². The van der Waals surface area contributed by atoms with Crippen molar-refractivity contribution in [3.63, 3.8) is 0 Å². The summed E-state index contributed by atoms with van der Waals surface area (Å²) >= 11 is 0. The van der Waals surface area contributed by atoms with E-state index < -0.39 is 0 Å². The summed E-state index contributed by atoms with van der Waals surface area (Å²) in [6.45, 7) is 1.75. The predicted molar refractivity (Wildman–Crippen MR) is 100 cm³/mol. The minimum Gasteiger partial charge on any atom is -0.492 e. The van der Waals surface area contributed by atoms with Crippen molar-refractivity contribution in [1.82, 2.24) is 5.48 Å². The maximum absolute atomic E-state index is 5.72. The van der Waals surface area contributed by atoms with Gasteiger partial charge in [-0.3, -0.25) is 4.84 Å². The Kier molecular flexibility index (Phi) is 6.62. The average Bonchev–Trinajstić information content (AvgIpc) is 2.67. The Balaban J connectivity index is 1.33. The molecule has 1 N–H and O–H groups in total. The largest absolute Gasteiger partial charge is 0.492 e. The number of nitrogens with one attached hydrogen (secondary N) is 1. The van der Waals surface area contributed by atoms with Crippen molar-refractivity contribution in [2.24, 2.45) is 0 Å². The highest BCUT2D eigenvalue weighted by atomic mass is 16.6. The minimum absolute atomic E-state index is 0.551. The van der Waals surface area contributed by atoms with Gasteiger partial charge in [-0.25, -0.2) is 0 Å². The quantitative estimate of drug-likeness (QED) is 0.466. The summed E-state index contributed by atoms with van der Waals surface area (Å²) in [7, 11) is 0. The van der Waals surface area contributed by atoms with Crippen LogP contribution in [0.4, 0.5) is 0 Å². The Bertz CT molecular complexity index is 727. The first-order valence-electron chi connectivity index (χ1n) is 8.54. The number of hydroxylamine groups is 1. The summed E-state index contributed by atoms with van der Waals surface area (Å²) in [5.41, 5.74) is 6.66. The number of hydrogen-bond acceptors (Lipinski definition) is 3. The van der Waals surface area contributed by atoms with Gasteiger partial charge in [0.2, 0.25) is 0 Å². The van der Waals surface area contributed by atoms with Gasteiger partial charge in [-0.15, -0.1) is 0 Å². The van der Waals surface area contributed by atoms with E-state index in [4.69, 9.17) is 9.57 Å². The zero-order valence-corrected chi connectivity index (χ0v) is 14.2. The molecule has 3 nitrogen and oxygen atoms in total. The van der Waals surface area contributed by atoms with Gasteiger partial charge in [0.05, 0.1) is 13.2 Å². The van der Waals surface area contributed by atoms with Crippen molar-refractivity contribution < 1.29 is 9.57 Å². The standard InChI is InChI=1S/C22H23NO2/c1-3-7-19(8-4-1)17-20-11-13-22(14-12-20)24-16-15-23-25-18-21-9-5-2-6-10-21/h1-14,23H,15-18H2. The van der Waals surface area contributed by atoms with Gasteiger partial charge in [0, 0.05) is 0 Å². The van der Waals surface area contributed by atoms with Crippen LogP contribution in [0.5, 0.6) is 5.75 Å². The van der Waals surface area contributed by atoms with Crippen LogP contribution in [-0.2, 0) is 17.9 Å². The second kappa shape index (κ2) is 9.62. The summed E-state index contributed by atoms with van der Waals surface area (Å²) in [6.07, 6.45) is 0.940. The molecule has 0 fully saturated rings. The molecule has 0 saturated carbocycles. The summed E-state index contributed by atoms with van der Waals surface area (Å²) in [6, 6.07) is 28.8. The van der Waals surface area contributed by atoms with Gasteiger partial charge in [-0.1, -0.05) is 72.8 Å². The third-order valence-corrected chi connectivity index (χ3v) is 3.83. The van der Waals surface area contributed by atoms with E-state index in [1.165, 1.54) is 11.1 Å². The van der Waals surface area contributed by atoms with Crippen molar-refractivity contribution in [3.05, 3.63) is 102 Å². The van der Waals surface area contributed by atoms with E-state index in [0.29, 0.717) is 19.8 Å². The molecule has 0 bridgehead atoms. The van der Waals surface area contributed by atoms with E-state index >= 15 is 0 Å². The normalized spacial score (nSPS) is 10.6. The van der Waals surface area contributed by atoms with Crippen molar-refractivity contribution in [3.8, 4) is 5.75 Å². The lowest BCUT2D eigenvalue weighted by molar-refractivity contribution is 0.0216. The monoisotopic (exact) mass is 333 g/mol. The molecule has 0 heterocycles. The Labute approximate surface area is 149 Å². The second-order valence-electron chi connectivity index (χ2n) is 5.82. The van der Waals surface area contributed by atoms with Gasteiger partial charge in [-0.2, -0.15) is 5.48 Å². The fourth-order valence-corrected chi connectivity index (χ4v) is 2.53. The van der Waals surface area contributed by atoms with Gasteiger partial charge < -0.3 is 4.74 Å². The zero-order valence-electron chi connectivity index (χ0n) is 14.2. The van der Waals surface area contributed by atoms with Crippen molar-refractivity contribution in [2.75, 3.05) is 13.2 Å². The molecule has 0 aliphatic carbocycles. The third-order valence-electron chi connectivity index (χ3n) is 3.83. The molecule has 0 radical (unpaired) electrons. The SMILES string of the molecule is c1ccc(CONCCOc2ccc(Cc3ccccc3)cc2)cc1. The summed E-state index contributed by atoms with van der Waals surface area (Å²) in [5.74, 6) is 0.877. The smallest absolute Gasteiger partial charge is 0.119 e. The van der Waals surface area contributed by atoms with E-state index in [9.17, 15) is 0 Å². The first-order chi connectivity index (χ1) is 12.4. The highest BCUT2D eigenvalue weighted by molar-refractivity contribution is 5.31. The molecule has 0 atom stereocenters. The van der Waals surface area contributed by atoms with Gasteiger partial charge in [0.15, 0.2) is 0 Å². The lowest BCUT2D eigenvalue weighted by atomic mass is 10.1. The second-order valence-corrected chi connectivity index (χ2v) is 5.82. The Morgan fingerprint density at radius 2 is 1.24 bits per heavy atom. The van der Waals surface area contributed by atoms with E-state index in [0.717, 1.165) is 17.7 Å². The molecule has 0 amide bonds. The average molecular weight is 333 g/mol. The molecule has 0 spiro atoms. The Morgan fingerprint density at radius 1 is 0.640 bits per heavy atom. The molecule has 128 valence electrons. The topological polar surface area (TPSA) is 30.5 Å². The Hall–Kier alpha value is -2.62. The zero-order chi connectivity index (χ0) is 17.2. The van der Waals surface area contributed by atoms with Gasteiger partial charge in [0.25, 0.3) is 0 Å². The number of ether oxygens (including phenoxy) is 1. The number of hydrogen-bond donors (Lipinski definition) is 1. The molecule has 0 aromatic heterocycles. The minimum atomic E-state index is 0.551. The fourth-order valence-electron chi connectivity index (χ4n) is 2.53. The van der Waals surface area contributed by atoms with Crippen LogP contribution in [0.3, 0.4) is 0 Å². The predicted octanol–water partition coefficient (Wildman–Crippen LogP) is 4.38. The summed E-state index contributed by atoms with van der Waals surface area (Å²) in [4.78, 5) is 5.41. The lowest BCUT2D eigenvalue weighted by Gasteiger charge is -2.09. The van der Waals surface area contributed by atoms with Crippen LogP contribution in [-0.4, -0.2) is 13.2 Å². The van der Waals surface area contributed by atoms with Crippen LogP contribution < -0.4 is 10.2 Å². The van der Waals surface area contributed by atoms with Crippen molar-refractivity contribution in [2.45, 2.75) is 13.0 Å². The maximum atomic E-state index is 5.72. The van der Waals surface area contributed by atoms with Crippen molar-refractivity contribution >= 4 is 0 Å². The summed E-state index contributed by atoms with van der Waals surface area (Å²) < 4.78 is 5.72. The number of rotatable bonds is 9. The molecule has 3 heteroatoms. The molecule has 3 aromatic carbocycles. The molecule has 0 aliphatic rings. The van der Waals surface area contributed by atoms with Crippen molar-refractivity contribution in [1.29, 1.82) is 0 Å². The van der Waals surface area contributed by atoms with Gasteiger partial charge >= 0.3 is 0 Å². The molecule has 0 saturated heterocycles. The van der Waals surface area contributed by atoms with Gasteiger partial charge in [0.1, 0.15) is 12.4 Å². The molecule has 25 heavy (non-hydrogen) atoms. The lowest BCUT2D eigenvalue weighted by Crippen LogP contribution is -2.21. The molecule has 0 unspecified atom stereocenters. The van der Waals surface area contributed by atoms with E-state index in [1.807, 2.05) is 48.5 Å². The maximum Gasteiger partial charge on any atom is 0.119 e. The summed E-state index contributed by atoms with van der Waals surface area (Å²) in [5, 5.41) is 0. The van der Waals surface area contributed by atoms with E-state index in [-0.39, 0.29) is 0 Å². The molecule has 3 rings (SSSR count). The Morgan fingerprint density at radius 3 is 1.92 bits per heavy atom. The molecule has 0 aliphatic heterocycles.